The molecule has 0 spiro atoms. The molecule has 0 aliphatic carbocycles. The van der Waals surface area contributed by atoms with Gasteiger partial charge in [-0.15, -0.1) is 0 Å². The molecule has 0 N–H and O–H groups in total. The molecule has 2 rings (SSSR count). The first kappa shape index (κ1) is 12.9. The predicted molar refractivity (Wildman–Crippen MR) is 73.4 cm³/mol. The standard InChI is InChI=1S/C15H21NO2/c1-5-18-16-13-8-9-17-14-10-11(15(2,3)4)6-7-12(13)14/h6-7,10H,5,8-9H2,1-4H3. The highest BCUT2D eigenvalue weighted by Gasteiger charge is 2.21. The van der Waals surface area contributed by atoms with Crippen LogP contribution in [0.4, 0.5) is 0 Å². The minimum Gasteiger partial charge on any atom is -0.492 e. The maximum absolute atomic E-state index is 5.73. The lowest BCUT2D eigenvalue weighted by atomic mass is 9.85. The van der Waals surface area contributed by atoms with Crippen LogP contribution in [0, 0.1) is 0 Å². The normalized spacial score (nSPS) is 17.2. The van der Waals surface area contributed by atoms with Crippen LogP contribution >= 0.6 is 0 Å². The van der Waals surface area contributed by atoms with Crippen molar-refractivity contribution in [2.45, 2.75) is 39.5 Å². The highest BCUT2D eigenvalue weighted by atomic mass is 16.6. The van der Waals surface area contributed by atoms with E-state index in [1.807, 2.05) is 6.92 Å². The Balaban J connectivity index is 2.37. The van der Waals surface area contributed by atoms with E-state index in [-0.39, 0.29) is 5.41 Å². The summed E-state index contributed by atoms with van der Waals surface area (Å²) in [5.74, 6) is 0.923. The Morgan fingerprint density at radius 3 is 2.78 bits per heavy atom. The molecule has 0 aromatic heterocycles. The quantitative estimate of drug-likeness (QED) is 0.749. The number of oxime groups is 1. The Bertz CT molecular complexity index is 458. The molecular formula is C15H21NO2. The van der Waals surface area contributed by atoms with Gasteiger partial charge in [0.2, 0.25) is 0 Å². The van der Waals surface area contributed by atoms with Crippen LogP contribution in [0.25, 0.3) is 0 Å². The number of hydrogen-bond donors (Lipinski definition) is 0. The van der Waals surface area contributed by atoms with E-state index in [9.17, 15) is 0 Å². The van der Waals surface area contributed by atoms with Crippen LogP contribution in [0.15, 0.2) is 23.4 Å². The van der Waals surface area contributed by atoms with Crippen molar-refractivity contribution in [1.29, 1.82) is 0 Å². The van der Waals surface area contributed by atoms with E-state index < -0.39 is 0 Å². The largest absolute Gasteiger partial charge is 0.492 e. The summed E-state index contributed by atoms with van der Waals surface area (Å²) in [6.45, 7) is 9.81. The summed E-state index contributed by atoms with van der Waals surface area (Å²) in [5.41, 5.74) is 3.45. The van der Waals surface area contributed by atoms with Crippen molar-refractivity contribution in [1.82, 2.24) is 0 Å². The van der Waals surface area contributed by atoms with Crippen molar-refractivity contribution in [3.8, 4) is 5.75 Å². The maximum atomic E-state index is 5.73. The van der Waals surface area contributed by atoms with Gasteiger partial charge in [-0.05, 0) is 30.0 Å². The molecule has 0 radical (unpaired) electrons. The zero-order valence-electron chi connectivity index (χ0n) is 11.6. The SMILES string of the molecule is CCON=C1CCOc2cc(C(C)(C)C)ccc21. The number of rotatable bonds is 2. The fourth-order valence-corrected chi connectivity index (χ4v) is 1.98. The van der Waals surface area contributed by atoms with Gasteiger partial charge in [0.15, 0.2) is 0 Å². The molecule has 0 fully saturated rings. The van der Waals surface area contributed by atoms with Crippen molar-refractivity contribution in [2.24, 2.45) is 5.16 Å². The summed E-state index contributed by atoms with van der Waals surface area (Å²) < 4.78 is 5.73. The van der Waals surface area contributed by atoms with E-state index in [0.29, 0.717) is 13.2 Å². The van der Waals surface area contributed by atoms with Gasteiger partial charge in [-0.1, -0.05) is 32.0 Å². The molecule has 1 aromatic rings. The predicted octanol–water partition coefficient (Wildman–Crippen LogP) is 3.51. The van der Waals surface area contributed by atoms with Crippen molar-refractivity contribution in [3.63, 3.8) is 0 Å². The van der Waals surface area contributed by atoms with Crippen LogP contribution in [0.5, 0.6) is 5.75 Å². The lowest BCUT2D eigenvalue weighted by molar-refractivity contribution is 0.157. The Morgan fingerprint density at radius 1 is 1.33 bits per heavy atom. The van der Waals surface area contributed by atoms with E-state index in [2.05, 4.69) is 44.1 Å². The number of fused-ring (bicyclic) bond motifs is 1. The first-order valence-electron chi connectivity index (χ1n) is 6.49. The van der Waals surface area contributed by atoms with Gasteiger partial charge in [0, 0.05) is 12.0 Å². The number of ether oxygens (including phenoxy) is 1. The van der Waals surface area contributed by atoms with Gasteiger partial charge >= 0.3 is 0 Å². The van der Waals surface area contributed by atoms with Crippen LogP contribution in [0.1, 0.15) is 45.2 Å². The molecular weight excluding hydrogens is 226 g/mol. The summed E-state index contributed by atoms with van der Waals surface area (Å²) >= 11 is 0. The van der Waals surface area contributed by atoms with Crippen LogP contribution in [-0.2, 0) is 10.3 Å². The lowest BCUT2D eigenvalue weighted by Gasteiger charge is -2.24. The van der Waals surface area contributed by atoms with Crippen molar-refractivity contribution < 1.29 is 9.57 Å². The average molecular weight is 247 g/mol. The first-order chi connectivity index (χ1) is 8.52. The first-order valence-corrected chi connectivity index (χ1v) is 6.49. The Hall–Kier alpha value is -1.51. The van der Waals surface area contributed by atoms with Crippen molar-refractivity contribution in [3.05, 3.63) is 29.3 Å². The van der Waals surface area contributed by atoms with Gasteiger partial charge in [-0.3, -0.25) is 0 Å². The van der Waals surface area contributed by atoms with Gasteiger partial charge in [-0.25, -0.2) is 0 Å². The van der Waals surface area contributed by atoms with Crippen LogP contribution in [0.2, 0.25) is 0 Å². The zero-order chi connectivity index (χ0) is 13.2. The molecule has 0 atom stereocenters. The molecule has 1 aliphatic rings. The maximum Gasteiger partial charge on any atom is 0.128 e. The van der Waals surface area contributed by atoms with Gasteiger partial charge in [-0.2, -0.15) is 0 Å². The lowest BCUT2D eigenvalue weighted by Crippen LogP contribution is -2.19. The molecule has 0 saturated heterocycles. The average Bonchev–Trinajstić information content (AvgIpc) is 2.34. The summed E-state index contributed by atoms with van der Waals surface area (Å²) in [5, 5.41) is 4.17. The van der Waals surface area contributed by atoms with Crippen molar-refractivity contribution in [2.75, 3.05) is 13.2 Å². The monoisotopic (exact) mass is 247 g/mol. The third kappa shape index (κ3) is 2.66. The van der Waals surface area contributed by atoms with Crippen molar-refractivity contribution >= 4 is 5.71 Å². The molecule has 3 nitrogen and oxygen atoms in total. The molecule has 98 valence electrons. The smallest absolute Gasteiger partial charge is 0.128 e. The summed E-state index contributed by atoms with van der Waals surface area (Å²) in [6.07, 6.45) is 0.807. The van der Waals surface area contributed by atoms with Crippen LogP contribution < -0.4 is 4.74 Å². The Morgan fingerprint density at radius 2 is 2.11 bits per heavy atom. The second-order valence-corrected chi connectivity index (χ2v) is 5.52. The number of benzene rings is 1. The number of nitrogens with zero attached hydrogens (tertiary/aromatic N) is 1. The molecule has 18 heavy (non-hydrogen) atoms. The topological polar surface area (TPSA) is 30.8 Å². The summed E-state index contributed by atoms with van der Waals surface area (Å²) in [4.78, 5) is 5.16. The van der Waals surface area contributed by atoms with E-state index in [1.165, 1.54) is 5.56 Å². The summed E-state index contributed by atoms with van der Waals surface area (Å²) in [6, 6.07) is 6.36. The Labute approximate surface area is 109 Å². The highest BCUT2D eigenvalue weighted by molar-refractivity contribution is 6.03. The zero-order valence-corrected chi connectivity index (χ0v) is 11.6. The fraction of sp³-hybridized carbons (Fsp3) is 0.533. The van der Waals surface area contributed by atoms with E-state index in [0.717, 1.165) is 23.4 Å². The van der Waals surface area contributed by atoms with E-state index in [4.69, 9.17) is 9.57 Å². The second-order valence-electron chi connectivity index (χ2n) is 5.52. The molecule has 3 heteroatoms. The molecule has 1 aromatic carbocycles. The van der Waals surface area contributed by atoms with E-state index >= 15 is 0 Å². The van der Waals surface area contributed by atoms with Gasteiger partial charge < -0.3 is 9.57 Å². The molecule has 0 bridgehead atoms. The second kappa shape index (κ2) is 5.01. The highest BCUT2D eigenvalue weighted by Crippen LogP contribution is 2.31. The molecule has 1 heterocycles. The molecule has 0 saturated carbocycles. The van der Waals surface area contributed by atoms with Gasteiger partial charge in [0.1, 0.15) is 12.4 Å². The summed E-state index contributed by atoms with van der Waals surface area (Å²) in [7, 11) is 0. The van der Waals surface area contributed by atoms with Crippen LogP contribution in [-0.4, -0.2) is 18.9 Å². The van der Waals surface area contributed by atoms with Gasteiger partial charge in [0.25, 0.3) is 0 Å². The molecule has 0 amide bonds. The van der Waals surface area contributed by atoms with Gasteiger partial charge in [0.05, 0.1) is 12.3 Å². The van der Waals surface area contributed by atoms with Crippen LogP contribution in [0.3, 0.4) is 0 Å². The third-order valence-corrected chi connectivity index (χ3v) is 3.06. The Kier molecular flexibility index (Phi) is 3.60. The molecule has 1 aliphatic heterocycles. The third-order valence-electron chi connectivity index (χ3n) is 3.06. The van der Waals surface area contributed by atoms with E-state index in [1.54, 1.807) is 0 Å². The molecule has 0 unspecified atom stereocenters. The minimum absolute atomic E-state index is 0.132. The fourth-order valence-electron chi connectivity index (χ4n) is 1.98. The number of hydrogen-bond acceptors (Lipinski definition) is 3. The minimum atomic E-state index is 0.132.